The molecule has 0 radical (unpaired) electrons. The molecule has 44 heavy (non-hydrogen) atoms. The fourth-order valence-corrected chi connectivity index (χ4v) is 5.19. The molecule has 234 valence electrons. The maximum Gasteiger partial charge on any atom is 0.203 e. The Morgan fingerprint density at radius 3 is 0.977 bits per heavy atom. The molecule has 10 nitrogen and oxygen atoms in total. The second kappa shape index (κ2) is 13.9. The van der Waals surface area contributed by atoms with Crippen LogP contribution in [0.5, 0.6) is 57.5 Å². The van der Waals surface area contributed by atoms with Crippen molar-refractivity contribution < 1.29 is 48.8 Å². The van der Waals surface area contributed by atoms with Crippen molar-refractivity contribution in [3.8, 4) is 68.6 Å². The molecule has 0 atom stereocenters. The Morgan fingerprint density at radius 1 is 0.386 bits per heavy atom. The van der Waals surface area contributed by atoms with Crippen molar-refractivity contribution in [2.75, 3.05) is 42.7 Å². The molecule has 0 aromatic heterocycles. The van der Waals surface area contributed by atoms with Crippen molar-refractivity contribution in [2.45, 2.75) is 25.7 Å². The first-order valence-corrected chi connectivity index (χ1v) is 13.9. The summed E-state index contributed by atoms with van der Waals surface area (Å²) in [5, 5.41) is 42.9. The van der Waals surface area contributed by atoms with Gasteiger partial charge in [0.1, 0.15) is 23.0 Å². The van der Waals surface area contributed by atoms with Crippen LogP contribution in [0.15, 0.2) is 48.5 Å². The van der Waals surface area contributed by atoms with Crippen molar-refractivity contribution in [1.82, 2.24) is 0 Å². The van der Waals surface area contributed by atoms with Crippen molar-refractivity contribution in [2.24, 2.45) is 0 Å². The highest BCUT2D eigenvalue weighted by Gasteiger charge is 2.19. The Kier molecular flexibility index (Phi) is 10.0. The molecule has 0 bridgehead atoms. The van der Waals surface area contributed by atoms with Crippen molar-refractivity contribution in [3.05, 3.63) is 70.8 Å². The predicted octanol–water partition coefficient (Wildman–Crippen LogP) is 5.80. The van der Waals surface area contributed by atoms with E-state index in [0.717, 1.165) is 11.1 Å². The van der Waals surface area contributed by atoms with E-state index in [1.165, 1.54) is 26.4 Å². The van der Waals surface area contributed by atoms with Crippen LogP contribution in [0.2, 0.25) is 0 Å². The van der Waals surface area contributed by atoms with Gasteiger partial charge in [-0.15, -0.1) is 0 Å². The topological polar surface area (TPSA) is 136 Å². The van der Waals surface area contributed by atoms with Crippen LogP contribution in [-0.4, -0.2) is 63.1 Å². The zero-order valence-electron chi connectivity index (χ0n) is 25.7. The maximum absolute atomic E-state index is 10.8. The molecule has 4 N–H and O–H groups in total. The zero-order valence-corrected chi connectivity index (χ0v) is 25.7. The highest BCUT2D eigenvalue weighted by molar-refractivity contribution is 5.78. The van der Waals surface area contributed by atoms with Gasteiger partial charge < -0.3 is 48.8 Å². The molecule has 10 heteroatoms. The van der Waals surface area contributed by atoms with Gasteiger partial charge in [-0.3, -0.25) is 0 Å². The van der Waals surface area contributed by atoms with E-state index >= 15 is 0 Å². The lowest BCUT2D eigenvalue weighted by Gasteiger charge is -2.16. The van der Waals surface area contributed by atoms with Crippen LogP contribution in [-0.2, 0) is 25.7 Å². The maximum atomic E-state index is 10.8. The first kappa shape index (κ1) is 31.8. The van der Waals surface area contributed by atoms with Gasteiger partial charge in [-0.25, -0.2) is 0 Å². The van der Waals surface area contributed by atoms with Crippen LogP contribution in [0.1, 0.15) is 22.3 Å². The monoisotopic (exact) mass is 606 g/mol. The first-order chi connectivity index (χ1) is 21.2. The number of methoxy groups -OCH3 is 6. The highest BCUT2D eigenvalue weighted by Crippen LogP contribution is 2.43. The van der Waals surface area contributed by atoms with Gasteiger partial charge in [0, 0.05) is 23.3 Å². The molecule has 0 aliphatic heterocycles. The summed E-state index contributed by atoms with van der Waals surface area (Å²) in [5.41, 5.74) is 3.50. The summed E-state index contributed by atoms with van der Waals surface area (Å²) in [7, 11) is 9.25. The number of benzene rings is 4. The van der Waals surface area contributed by atoms with E-state index in [9.17, 15) is 20.4 Å². The molecule has 0 aliphatic rings. The van der Waals surface area contributed by atoms with Gasteiger partial charge in [0.25, 0.3) is 0 Å². The van der Waals surface area contributed by atoms with Crippen molar-refractivity contribution >= 4 is 0 Å². The SMILES string of the molecule is COc1cc(CCc2cc(-c3cc(CCc4cc(OC)c(OC)c(OC)c4)c(O)cc3O)c(O)cc2O)cc(OC)c1OC. The highest BCUT2D eigenvalue weighted by atomic mass is 16.5. The molecule has 0 fully saturated rings. The third-order valence-corrected chi connectivity index (χ3v) is 7.50. The molecule has 0 saturated carbocycles. The molecular formula is C34H38O10. The minimum atomic E-state index is -0.212. The predicted molar refractivity (Wildman–Crippen MR) is 166 cm³/mol. The quantitative estimate of drug-likeness (QED) is 0.148. The van der Waals surface area contributed by atoms with E-state index in [1.807, 2.05) is 24.3 Å². The number of phenols is 4. The lowest BCUT2D eigenvalue weighted by atomic mass is 9.94. The lowest BCUT2D eigenvalue weighted by Crippen LogP contribution is -1.99. The largest absolute Gasteiger partial charge is 0.508 e. The number of hydrogen-bond acceptors (Lipinski definition) is 10. The Hall–Kier alpha value is -5.12. The average molecular weight is 607 g/mol. The molecule has 0 aliphatic carbocycles. The van der Waals surface area contributed by atoms with E-state index < -0.39 is 0 Å². The van der Waals surface area contributed by atoms with Crippen LogP contribution >= 0.6 is 0 Å². The summed E-state index contributed by atoms with van der Waals surface area (Å²) in [6.45, 7) is 0. The number of aromatic hydroxyl groups is 4. The third-order valence-electron chi connectivity index (χ3n) is 7.50. The van der Waals surface area contributed by atoms with Crippen molar-refractivity contribution in [3.63, 3.8) is 0 Å². The Balaban J connectivity index is 1.62. The van der Waals surface area contributed by atoms with Gasteiger partial charge >= 0.3 is 0 Å². The summed E-state index contributed by atoms with van der Waals surface area (Å²) >= 11 is 0. The Bertz CT molecular complexity index is 1460. The minimum absolute atomic E-state index is 0.0837. The van der Waals surface area contributed by atoms with Gasteiger partial charge in [0.05, 0.1) is 42.7 Å². The van der Waals surface area contributed by atoms with E-state index in [0.29, 0.717) is 82.4 Å². The second-order valence-electron chi connectivity index (χ2n) is 10.1. The van der Waals surface area contributed by atoms with E-state index in [2.05, 4.69) is 0 Å². The number of aryl methyl sites for hydroxylation is 4. The summed E-state index contributed by atoms with van der Waals surface area (Å²) in [5.74, 6) is 2.45. The third kappa shape index (κ3) is 6.59. The molecule has 0 amide bonds. The average Bonchev–Trinajstić information content (AvgIpc) is 3.02. The van der Waals surface area contributed by atoms with Crippen LogP contribution < -0.4 is 28.4 Å². The molecule has 4 aromatic carbocycles. The summed E-state index contributed by atoms with van der Waals surface area (Å²) < 4.78 is 32.6. The molecule has 0 saturated heterocycles. The van der Waals surface area contributed by atoms with Gasteiger partial charge in [-0.1, -0.05) is 0 Å². The summed E-state index contributed by atoms with van der Waals surface area (Å²) in [6.07, 6.45) is 1.83. The smallest absolute Gasteiger partial charge is 0.203 e. The standard InChI is InChI=1S/C34H38O10/c1-39-29-11-19(12-30(40-2)33(29)43-5)7-9-21-15-23(27(37)17-25(21)35)24-16-22(26(36)18-28(24)38)10-8-20-13-31(41-3)34(44-6)32(14-20)42-4/h11-18,35-38H,7-10H2,1-6H3. The number of phenolic OH excluding ortho intramolecular Hbond substituents is 4. The molecular weight excluding hydrogens is 568 g/mol. The van der Waals surface area contributed by atoms with Crippen molar-refractivity contribution in [1.29, 1.82) is 0 Å². The Morgan fingerprint density at radius 2 is 0.705 bits per heavy atom. The van der Waals surface area contributed by atoms with E-state index in [4.69, 9.17) is 28.4 Å². The number of ether oxygens (including phenoxy) is 6. The minimum Gasteiger partial charge on any atom is -0.508 e. The van der Waals surface area contributed by atoms with Gasteiger partial charge in [0.2, 0.25) is 11.5 Å². The fraction of sp³-hybridized carbons (Fsp3) is 0.294. The second-order valence-corrected chi connectivity index (χ2v) is 10.1. The number of rotatable bonds is 13. The molecule has 4 aromatic rings. The van der Waals surface area contributed by atoms with Gasteiger partial charge in [0.15, 0.2) is 23.0 Å². The van der Waals surface area contributed by atoms with Crippen LogP contribution in [0.25, 0.3) is 11.1 Å². The van der Waals surface area contributed by atoms with E-state index in [1.54, 1.807) is 40.6 Å². The zero-order chi connectivity index (χ0) is 32.0. The fourth-order valence-electron chi connectivity index (χ4n) is 5.19. The van der Waals surface area contributed by atoms with Gasteiger partial charge in [-0.05, 0) is 84.3 Å². The molecule has 4 rings (SSSR count). The van der Waals surface area contributed by atoms with Crippen LogP contribution in [0.3, 0.4) is 0 Å². The number of hydrogen-bond donors (Lipinski definition) is 4. The summed E-state index contributed by atoms with van der Waals surface area (Å²) in [6, 6.07) is 13.1. The van der Waals surface area contributed by atoms with Crippen LogP contribution in [0.4, 0.5) is 0 Å². The molecule has 0 unspecified atom stereocenters. The lowest BCUT2D eigenvalue weighted by molar-refractivity contribution is 0.323. The molecule has 0 spiro atoms. The van der Waals surface area contributed by atoms with E-state index in [-0.39, 0.29) is 23.0 Å². The Labute approximate surface area is 256 Å². The molecule has 0 heterocycles. The van der Waals surface area contributed by atoms with Gasteiger partial charge in [-0.2, -0.15) is 0 Å². The first-order valence-electron chi connectivity index (χ1n) is 13.9. The van der Waals surface area contributed by atoms with Crippen LogP contribution in [0, 0.1) is 0 Å². The summed E-state index contributed by atoms with van der Waals surface area (Å²) in [4.78, 5) is 0. The normalized spacial score (nSPS) is 10.8.